The standard InChI is InChI=1S/C29H42N4O5SSi/c1-20(2)28(29(34)30-5)32(6)24-16-14-23(15-17-24)25-12-10-11-13-26(25)39(35,36)33(27-18-21(3)31-38-27)19-37-22(4)40(7,8)9/h10-18,20,22,28H,19H2,1-9H3,(H,30,34). The molecule has 1 aromatic heterocycles. The fourth-order valence-electron chi connectivity index (χ4n) is 4.31. The average Bonchev–Trinajstić information content (AvgIpc) is 3.33. The van der Waals surface area contributed by atoms with Gasteiger partial charge in [-0.3, -0.25) is 4.79 Å². The molecule has 11 heteroatoms. The third-order valence-corrected chi connectivity index (χ3v) is 11.5. The number of ether oxygens (including phenoxy) is 1. The number of sulfonamides is 1. The highest BCUT2D eigenvalue weighted by Crippen LogP contribution is 2.33. The highest BCUT2D eigenvalue weighted by Gasteiger charge is 2.33. The third kappa shape index (κ3) is 6.94. The van der Waals surface area contributed by atoms with E-state index < -0.39 is 18.1 Å². The molecule has 0 aliphatic carbocycles. The van der Waals surface area contributed by atoms with Gasteiger partial charge in [0.05, 0.1) is 18.7 Å². The molecule has 2 atom stereocenters. The summed E-state index contributed by atoms with van der Waals surface area (Å²) >= 11 is 0. The zero-order valence-electron chi connectivity index (χ0n) is 24.9. The number of aryl methyl sites for hydroxylation is 1. The molecule has 3 rings (SSSR count). The van der Waals surface area contributed by atoms with E-state index in [2.05, 4.69) is 30.1 Å². The third-order valence-electron chi connectivity index (χ3n) is 7.13. The van der Waals surface area contributed by atoms with Crippen molar-refractivity contribution in [3.05, 3.63) is 60.3 Å². The van der Waals surface area contributed by atoms with Crippen LogP contribution >= 0.6 is 0 Å². The SMILES string of the molecule is CNC(=O)C(C(C)C)N(C)c1ccc(-c2ccccc2S(=O)(=O)N(COC(C)[Si](C)(C)C)c2cc(C)no2)cc1. The molecule has 218 valence electrons. The Bertz CT molecular complexity index is 1400. The van der Waals surface area contributed by atoms with Gasteiger partial charge in [0.15, 0.2) is 0 Å². The fourth-order valence-corrected chi connectivity index (χ4v) is 6.36. The number of rotatable bonds is 12. The second kappa shape index (κ2) is 12.6. The van der Waals surface area contributed by atoms with Gasteiger partial charge >= 0.3 is 0 Å². The summed E-state index contributed by atoms with van der Waals surface area (Å²) in [6, 6.07) is 15.6. The number of amides is 1. The summed E-state index contributed by atoms with van der Waals surface area (Å²) in [5.74, 6) is 0.125. The first-order valence-electron chi connectivity index (χ1n) is 13.4. The molecular formula is C29H42N4O5SSi. The highest BCUT2D eigenvalue weighted by molar-refractivity contribution is 7.93. The summed E-state index contributed by atoms with van der Waals surface area (Å²) in [5, 5.41) is 6.65. The van der Waals surface area contributed by atoms with Gasteiger partial charge in [-0.15, -0.1) is 0 Å². The van der Waals surface area contributed by atoms with Crippen LogP contribution in [0.5, 0.6) is 0 Å². The van der Waals surface area contributed by atoms with E-state index in [-0.39, 0.29) is 41.1 Å². The summed E-state index contributed by atoms with van der Waals surface area (Å²) in [5.41, 5.74) is 2.60. The molecule has 0 saturated heterocycles. The number of carbonyl (C=O) groups excluding carboxylic acids is 1. The Morgan fingerprint density at radius 3 is 2.23 bits per heavy atom. The maximum absolute atomic E-state index is 14.2. The molecule has 0 aliphatic rings. The first-order valence-corrected chi connectivity index (χ1v) is 18.4. The van der Waals surface area contributed by atoms with E-state index in [1.54, 1.807) is 38.2 Å². The minimum atomic E-state index is -4.10. The lowest BCUT2D eigenvalue weighted by atomic mass is 10.0. The van der Waals surface area contributed by atoms with Crippen LogP contribution in [0.1, 0.15) is 26.5 Å². The van der Waals surface area contributed by atoms with Crippen LogP contribution in [0.3, 0.4) is 0 Å². The van der Waals surface area contributed by atoms with Gasteiger partial charge in [0.1, 0.15) is 12.8 Å². The topological polar surface area (TPSA) is 105 Å². The van der Waals surface area contributed by atoms with Crippen LogP contribution in [0.15, 0.2) is 64.0 Å². The number of aromatic nitrogens is 1. The molecule has 0 saturated carbocycles. The van der Waals surface area contributed by atoms with E-state index in [0.29, 0.717) is 11.3 Å². The van der Waals surface area contributed by atoms with Crippen LogP contribution in [0.4, 0.5) is 11.6 Å². The number of benzene rings is 2. The predicted molar refractivity (Wildman–Crippen MR) is 163 cm³/mol. The molecule has 0 aliphatic heterocycles. The fraction of sp³-hybridized carbons (Fsp3) is 0.448. The first-order chi connectivity index (χ1) is 18.7. The average molecular weight is 587 g/mol. The number of likely N-dealkylation sites (N-methyl/N-ethyl adjacent to an activating group) is 2. The molecule has 9 nitrogen and oxygen atoms in total. The molecular weight excluding hydrogens is 544 g/mol. The Hall–Kier alpha value is -3.15. The molecule has 0 bridgehead atoms. The molecule has 2 unspecified atom stereocenters. The van der Waals surface area contributed by atoms with Crippen molar-refractivity contribution in [3.8, 4) is 11.1 Å². The number of hydrogen-bond donors (Lipinski definition) is 1. The second-order valence-electron chi connectivity index (χ2n) is 11.4. The van der Waals surface area contributed by atoms with Crippen molar-refractivity contribution in [3.63, 3.8) is 0 Å². The van der Waals surface area contributed by atoms with Crippen molar-refractivity contribution in [1.82, 2.24) is 10.5 Å². The van der Waals surface area contributed by atoms with Crippen LogP contribution in [0, 0.1) is 12.8 Å². The van der Waals surface area contributed by atoms with E-state index in [4.69, 9.17) is 9.26 Å². The van der Waals surface area contributed by atoms with E-state index in [9.17, 15) is 13.2 Å². The molecule has 1 heterocycles. The van der Waals surface area contributed by atoms with Crippen LogP contribution < -0.4 is 14.5 Å². The molecule has 1 N–H and O–H groups in total. The van der Waals surface area contributed by atoms with Gasteiger partial charge in [-0.25, -0.2) is 12.7 Å². The van der Waals surface area contributed by atoms with Crippen LogP contribution in [0.2, 0.25) is 19.6 Å². The molecule has 1 amide bonds. The Balaban J connectivity index is 2.01. The smallest absolute Gasteiger partial charge is 0.269 e. The molecule has 0 fully saturated rings. The molecule has 2 aromatic carbocycles. The van der Waals surface area contributed by atoms with Gasteiger partial charge in [-0.1, -0.05) is 69.0 Å². The lowest BCUT2D eigenvalue weighted by Crippen LogP contribution is -2.47. The van der Waals surface area contributed by atoms with Gasteiger partial charge in [0.2, 0.25) is 11.8 Å². The quantitative estimate of drug-likeness (QED) is 0.227. The minimum Gasteiger partial charge on any atom is -0.362 e. The summed E-state index contributed by atoms with van der Waals surface area (Å²) in [6.45, 7) is 14.0. The summed E-state index contributed by atoms with van der Waals surface area (Å²) in [6.07, 6.45) is 0. The Kier molecular flexibility index (Phi) is 9.86. The lowest BCUT2D eigenvalue weighted by molar-refractivity contribution is -0.122. The summed E-state index contributed by atoms with van der Waals surface area (Å²) < 4.78 is 40.9. The van der Waals surface area contributed by atoms with E-state index in [1.807, 2.05) is 63.1 Å². The zero-order valence-corrected chi connectivity index (χ0v) is 26.7. The summed E-state index contributed by atoms with van der Waals surface area (Å²) in [4.78, 5) is 14.6. The predicted octanol–water partition coefficient (Wildman–Crippen LogP) is 5.29. The molecule has 3 aromatic rings. The maximum Gasteiger partial charge on any atom is 0.269 e. The van der Waals surface area contributed by atoms with Crippen molar-refractivity contribution in [2.24, 2.45) is 5.92 Å². The number of hydrogen-bond acceptors (Lipinski definition) is 7. The normalized spacial score (nSPS) is 13.7. The van der Waals surface area contributed by atoms with Crippen molar-refractivity contribution in [2.75, 3.05) is 30.0 Å². The Labute approximate surface area is 239 Å². The monoisotopic (exact) mass is 586 g/mol. The van der Waals surface area contributed by atoms with Crippen LogP contribution in [-0.4, -0.2) is 60.2 Å². The number of anilines is 2. The van der Waals surface area contributed by atoms with Gasteiger partial charge in [-0.2, -0.15) is 0 Å². The van der Waals surface area contributed by atoms with Gasteiger partial charge in [-0.05, 0) is 43.5 Å². The Morgan fingerprint density at radius 2 is 1.70 bits per heavy atom. The van der Waals surface area contributed by atoms with Gasteiger partial charge in [0, 0.05) is 37.1 Å². The number of nitrogens with one attached hydrogen (secondary N) is 1. The molecule has 0 radical (unpaired) electrons. The van der Waals surface area contributed by atoms with Crippen molar-refractivity contribution in [2.45, 2.75) is 64.0 Å². The van der Waals surface area contributed by atoms with E-state index >= 15 is 0 Å². The second-order valence-corrected chi connectivity index (χ2v) is 18.8. The Morgan fingerprint density at radius 1 is 1.07 bits per heavy atom. The van der Waals surface area contributed by atoms with Crippen LogP contribution in [-0.2, 0) is 19.6 Å². The van der Waals surface area contributed by atoms with Crippen molar-refractivity contribution in [1.29, 1.82) is 0 Å². The zero-order chi connectivity index (χ0) is 29.8. The summed E-state index contributed by atoms with van der Waals surface area (Å²) in [7, 11) is -2.27. The number of nitrogens with zero attached hydrogens (tertiary/aromatic N) is 3. The van der Waals surface area contributed by atoms with E-state index in [1.165, 1.54) is 0 Å². The maximum atomic E-state index is 14.2. The molecule has 40 heavy (non-hydrogen) atoms. The van der Waals surface area contributed by atoms with Crippen molar-refractivity contribution < 1.29 is 22.5 Å². The largest absolute Gasteiger partial charge is 0.362 e. The van der Waals surface area contributed by atoms with E-state index in [0.717, 1.165) is 15.6 Å². The number of carbonyl (C=O) groups is 1. The van der Waals surface area contributed by atoms with Crippen molar-refractivity contribution >= 4 is 35.6 Å². The lowest BCUT2D eigenvalue weighted by Gasteiger charge is -2.31. The van der Waals surface area contributed by atoms with Gasteiger partial charge in [0.25, 0.3) is 10.0 Å². The molecule has 0 spiro atoms. The minimum absolute atomic E-state index is 0.0635. The van der Waals surface area contributed by atoms with Crippen LogP contribution in [0.25, 0.3) is 11.1 Å². The van der Waals surface area contributed by atoms with Gasteiger partial charge < -0.3 is 19.5 Å². The first kappa shape index (κ1) is 31.4. The highest BCUT2D eigenvalue weighted by atomic mass is 32.2.